The number of hydrogen-bond acceptors (Lipinski definition) is 5. The first-order valence-electron chi connectivity index (χ1n) is 8.64. The van der Waals surface area contributed by atoms with Crippen LogP contribution in [0.15, 0.2) is 35.8 Å². The van der Waals surface area contributed by atoms with Crippen LogP contribution in [0, 0.1) is 0 Å². The number of amides is 1. The number of nitrogens with one attached hydrogen (secondary N) is 1. The minimum atomic E-state index is -0.218. The average Bonchev–Trinajstić information content (AvgIpc) is 3.29. The number of ether oxygens (including phenoxy) is 1. The fourth-order valence-electron chi connectivity index (χ4n) is 3.11. The molecule has 0 bridgehead atoms. The third-order valence-electron chi connectivity index (χ3n) is 4.38. The molecular formula is C19H20N4O2S. The first-order valence-corrected chi connectivity index (χ1v) is 9.52. The Morgan fingerprint density at radius 1 is 1.35 bits per heavy atom. The lowest BCUT2D eigenvalue weighted by Gasteiger charge is -2.11. The summed E-state index contributed by atoms with van der Waals surface area (Å²) < 4.78 is 7.28. The summed E-state index contributed by atoms with van der Waals surface area (Å²) in [6.45, 7) is 1.45. The van der Waals surface area contributed by atoms with E-state index in [4.69, 9.17) is 9.72 Å². The molecule has 0 unspecified atom stereocenters. The van der Waals surface area contributed by atoms with E-state index in [1.165, 1.54) is 24.2 Å². The number of carbonyl (C=O) groups is 1. The van der Waals surface area contributed by atoms with Crippen molar-refractivity contribution in [2.24, 2.45) is 0 Å². The van der Waals surface area contributed by atoms with Gasteiger partial charge in [0.2, 0.25) is 0 Å². The number of fused-ring (bicyclic) bond motifs is 1. The highest BCUT2D eigenvalue weighted by Gasteiger charge is 2.15. The maximum atomic E-state index is 12.4. The third-order valence-corrected chi connectivity index (χ3v) is 5.20. The van der Waals surface area contributed by atoms with E-state index >= 15 is 0 Å². The van der Waals surface area contributed by atoms with Crippen LogP contribution >= 0.6 is 11.3 Å². The second-order valence-corrected chi connectivity index (χ2v) is 7.23. The second kappa shape index (κ2) is 7.39. The van der Waals surface area contributed by atoms with Gasteiger partial charge < -0.3 is 14.6 Å². The zero-order valence-corrected chi connectivity index (χ0v) is 15.4. The molecule has 4 rings (SSSR count). The molecule has 6 nitrogen and oxygen atoms in total. The average molecular weight is 368 g/mol. The van der Waals surface area contributed by atoms with Gasteiger partial charge in [0.15, 0.2) is 0 Å². The van der Waals surface area contributed by atoms with Crippen LogP contribution in [-0.2, 0) is 24.3 Å². The van der Waals surface area contributed by atoms with Gasteiger partial charge in [0.1, 0.15) is 16.5 Å². The molecule has 3 heterocycles. The summed E-state index contributed by atoms with van der Waals surface area (Å²) in [6.07, 6.45) is 5.54. The lowest BCUT2D eigenvalue weighted by Crippen LogP contribution is -2.12. The predicted octanol–water partition coefficient (Wildman–Crippen LogP) is 3.74. The smallest absolute Gasteiger partial charge is 0.275 e. The van der Waals surface area contributed by atoms with Crippen molar-refractivity contribution in [3.8, 4) is 11.3 Å². The number of aryl methyl sites for hydroxylation is 2. The van der Waals surface area contributed by atoms with Crippen LogP contribution in [0.25, 0.3) is 11.3 Å². The van der Waals surface area contributed by atoms with E-state index in [-0.39, 0.29) is 5.91 Å². The minimum Gasteiger partial charge on any atom is -0.378 e. The van der Waals surface area contributed by atoms with Crippen molar-refractivity contribution in [3.05, 3.63) is 52.4 Å². The molecule has 0 aliphatic carbocycles. The maximum absolute atomic E-state index is 12.4. The van der Waals surface area contributed by atoms with E-state index in [2.05, 4.69) is 21.1 Å². The Balaban J connectivity index is 1.52. The van der Waals surface area contributed by atoms with Crippen molar-refractivity contribution in [2.45, 2.75) is 32.4 Å². The molecule has 2 aromatic heterocycles. The normalized spacial score (nSPS) is 13.4. The third kappa shape index (κ3) is 3.54. The Labute approximate surface area is 155 Å². The fraction of sp³-hybridized carbons (Fsp3) is 0.316. The van der Waals surface area contributed by atoms with E-state index in [1.807, 2.05) is 24.3 Å². The van der Waals surface area contributed by atoms with Crippen molar-refractivity contribution in [1.29, 1.82) is 0 Å². The highest BCUT2D eigenvalue weighted by Crippen LogP contribution is 2.25. The quantitative estimate of drug-likeness (QED) is 0.745. The zero-order chi connectivity index (χ0) is 17.9. The molecule has 0 atom stereocenters. The molecule has 0 spiro atoms. The lowest BCUT2D eigenvalue weighted by atomic mass is 10.1. The fourth-order valence-corrected chi connectivity index (χ4v) is 3.85. The first-order chi connectivity index (χ1) is 12.7. The largest absolute Gasteiger partial charge is 0.378 e. The van der Waals surface area contributed by atoms with Gasteiger partial charge in [-0.3, -0.25) is 4.79 Å². The highest BCUT2D eigenvalue weighted by atomic mass is 32.1. The van der Waals surface area contributed by atoms with Gasteiger partial charge in [-0.05, 0) is 25.0 Å². The number of aromatic nitrogens is 3. The van der Waals surface area contributed by atoms with Gasteiger partial charge >= 0.3 is 0 Å². The molecule has 1 aliphatic rings. The minimum absolute atomic E-state index is 0.218. The summed E-state index contributed by atoms with van der Waals surface area (Å²) >= 11 is 1.42. The van der Waals surface area contributed by atoms with Crippen molar-refractivity contribution < 1.29 is 9.53 Å². The summed E-state index contributed by atoms with van der Waals surface area (Å²) in [4.78, 5) is 21.4. The molecule has 134 valence electrons. The SMILES string of the molecule is COCc1nc(C(=O)Nc2cccc(-c3cn4c(n3)CCCC4)c2)cs1. The van der Waals surface area contributed by atoms with Gasteiger partial charge in [-0.25, -0.2) is 9.97 Å². The molecule has 1 N–H and O–H groups in total. The van der Waals surface area contributed by atoms with Gasteiger partial charge in [0, 0.05) is 42.9 Å². The van der Waals surface area contributed by atoms with Crippen LogP contribution in [0.4, 0.5) is 5.69 Å². The number of thiazole rings is 1. The van der Waals surface area contributed by atoms with Crippen LogP contribution in [0.5, 0.6) is 0 Å². The van der Waals surface area contributed by atoms with Crippen LogP contribution in [0.1, 0.15) is 34.2 Å². The van der Waals surface area contributed by atoms with Gasteiger partial charge in [-0.1, -0.05) is 12.1 Å². The topological polar surface area (TPSA) is 69.0 Å². The Bertz CT molecular complexity index is 908. The van der Waals surface area contributed by atoms with Crippen LogP contribution in [0.2, 0.25) is 0 Å². The number of methoxy groups -OCH3 is 1. The molecule has 1 amide bonds. The summed E-state index contributed by atoms with van der Waals surface area (Å²) in [5.41, 5.74) is 3.10. The number of nitrogens with zero attached hydrogens (tertiary/aromatic N) is 3. The Hall–Kier alpha value is -2.51. The molecule has 0 fully saturated rings. The molecule has 0 radical (unpaired) electrons. The molecule has 1 aliphatic heterocycles. The van der Waals surface area contributed by atoms with Gasteiger partial charge in [-0.15, -0.1) is 11.3 Å². The molecule has 7 heteroatoms. The first kappa shape index (κ1) is 16.9. The number of hydrogen-bond donors (Lipinski definition) is 1. The summed E-state index contributed by atoms with van der Waals surface area (Å²) in [7, 11) is 1.61. The number of benzene rings is 1. The summed E-state index contributed by atoms with van der Waals surface area (Å²) in [5.74, 6) is 0.929. The maximum Gasteiger partial charge on any atom is 0.275 e. The van der Waals surface area contributed by atoms with Gasteiger partial charge in [0.05, 0.1) is 12.3 Å². The van der Waals surface area contributed by atoms with Crippen LogP contribution in [-0.4, -0.2) is 27.6 Å². The summed E-state index contributed by atoms with van der Waals surface area (Å²) in [5, 5.41) is 5.45. The van der Waals surface area contributed by atoms with Crippen molar-refractivity contribution in [1.82, 2.24) is 14.5 Å². The molecule has 0 saturated carbocycles. The van der Waals surface area contributed by atoms with E-state index in [9.17, 15) is 4.79 Å². The van der Waals surface area contributed by atoms with Crippen molar-refractivity contribution in [2.75, 3.05) is 12.4 Å². The number of rotatable bonds is 5. The van der Waals surface area contributed by atoms with Gasteiger partial charge in [-0.2, -0.15) is 0 Å². The molecule has 0 saturated heterocycles. The number of carbonyl (C=O) groups excluding carboxylic acids is 1. The van der Waals surface area contributed by atoms with Crippen molar-refractivity contribution >= 4 is 22.9 Å². The number of imidazole rings is 1. The van der Waals surface area contributed by atoms with Gasteiger partial charge in [0.25, 0.3) is 5.91 Å². The van der Waals surface area contributed by atoms with Crippen LogP contribution in [0.3, 0.4) is 0 Å². The van der Waals surface area contributed by atoms with E-state index in [0.717, 1.165) is 40.7 Å². The van der Waals surface area contributed by atoms with Crippen LogP contribution < -0.4 is 5.32 Å². The van der Waals surface area contributed by atoms with E-state index < -0.39 is 0 Å². The number of anilines is 1. The lowest BCUT2D eigenvalue weighted by molar-refractivity contribution is 0.102. The Morgan fingerprint density at radius 2 is 2.27 bits per heavy atom. The van der Waals surface area contributed by atoms with Crippen molar-refractivity contribution in [3.63, 3.8) is 0 Å². The van der Waals surface area contributed by atoms with E-state index in [0.29, 0.717) is 12.3 Å². The monoisotopic (exact) mass is 368 g/mol. The standard InChI is InChI=1S/C19H20N4O2S/c1-25-11-18-22-16(12-26-18)19(24)20-14-6-4-5-13(9-14)15-10-23-8-3-2-7-17(23)21-15/h4-6,9-10,12H,2-3,7-8,11H2,1H3,(H,20,24). The van der Waals surface area contributed by atoms with E-state index in [1.54, 1.807) is 12.5 Å². The molecule has 1 aromatic carbocycles. The predicted molar refractivity (Wildman–Crippen MR) is 101 cm³/mol. The Kier molecular flexibility index (Phi) is 4.81. The molecule has 26 heavy (non-hydrogen) atoms. The Morgan fingerprint density at radius 3 is 3.12 bits per heavy atom. The summed E-state index contributed by atoms with van der Waals surface area (Å²) in [6, 6.07) is 7.78. The molecule has 3 aromatic rings. The zero-order valence-electron chi connectivity index (χ0n) is 14.6. The second-order valence-electron chi connectivity index (χ2n) is 6.29. The molecular weight excluding hydrogens is 348 g/mol. The highest BCUT2D eigenvalue weighted by molar-refractivity contribution is 7.09.